The SMILES string of the molecule is CCNc1nc(C)c2cc(C3=CCNN3)c(=O)n(C(C)C)c2n1. The van der Waals surface area contributed by atoms with E-state index in [1.165, 1.54) is 0 Å². The number of aromatic nitrogens is 3. The van der Waals surface area contributed by atoms with Crippen LogP contribution >= 0.6 is 0 Å². The van der Waals surface area contributed by atoms with Gasteiger partial charge in [0.1, 0.15) is 5.65 Å². The highest BCUT2D eigenvalue weighted by atomic mass is 16.1. The van der Waals surface area contributed by atoms with Gasteiger partial charge in [-0.05, 0) is 39.8 Å². The molecule has 0 bridgehead atoms. The standard InChI is InChI=1S/C16H22N6O/c1-5-17-16-19-10(4)11-8-12(13-6-7-18-21-13)15(23)22(9(2)3)14(11)20-16/h6,8-9,18,21H,5,7H2,1-4H3,(H,17,19,20). The number of hydrogen-bond acceptors (Lipinski definition) is 6. The van der Waals surface area contributed by atoms with E-state index in [0.29, 0.717) is 23.7 Å². The number of nitrogens with zero attached hydrogens (tertiary/aromatic N) is 3. The Kier molecular flexibility index (Phi) is 4.04. The van der Waals surface area contributed by atoms with Gasteiger partial charge in [-0.1, -0.05) is 0 Å². The molecular formula is C16H22N6O. The maximum atomic E-state index is 13.0. The molecule has 1 aliphatic rings. The third-order valence-electron chi connectivity index (χ3n) is 3.85. The molecule has 0 atom stereocenters. The summed E-state index contributed by atoms with van der Waals surface area (Å²) in [7, 11) is 0. The van der Waals surface area contributed by atoms with Crippen molar-refractivity contribution in [2.24, 2.45) is 0 Å². The lowest BCUT2D eigenvalue weighted by molar-refractivity contribution is 0.593. The number of fused-ring (bicyclic) bond motifs is 1. The van der Waals surface area contributed by atoms with Gasteiger partial charge in [0.25, 0.3) is 5.56 Å². The zero-order valence-corrected chi connectivity index (χ0v) is 13.9. The van der Waals surface area contributed by atoms with E-state index in [1.54, 1.807) is 4.57 Å². The summed E-state index contributed by atoms with van der Waals surface area (Å²) < 4.78 is 1.74. The number of nitrogens with one attached hydrogen (secondary N) is 3. The van der Waals surface area contributed by atoms with Crippen molar-refractivity contribution in [3.63, 3.8) is 0 Å². The Balaban J connectivity index is 2.34. The summed E-state index contributed by atoms with van der Waals surface area (Å²) in [5, 5.41) is 4.02. The van der Waals surface area contributed by atoms with E-state index in [0.717, 1.165) is 23.3 Å². The van der Waals surface area contributed by atoms with E-state index >= 15 is 0 Å². The molecule has 1 aliphatic heterocycles. The van der Waals surface area contributed by atoms with Gasteiger partial charge in [0.2, 0.25) is 5.95 Å². The average Bonchev–Trinajstić information content (AvgIpc) is 3.00. The van der Waals surface area contributed by atoms with Crippen molar-refractivity contribution in [3.05, 3.63) is 33.8 Å². The largest absolute Gasteiger partial charge is 0.354 e. The van der Waals surface area contributed by atoms with Crippen molar-refractivity contribution in [2.75, 3.05) is 18.4 Å². The molecule has 0 fully saturated rings. The smallest absolute Gasteiger partial charge is 0.261 e. The van der Waals surface area contributed by atoms with Gasteiger partial charge in [-0.15, -0.1) is 0 Å². The van der Waals surface area contributed by atoms with Crippen LogP contribution in [-0.4, -0.2) is 27.6 Å². The number of hydrogen-bond donors (Lipinski definition) is 3. The number of anilines is 1. The molecule has 0 saturated carbocycles. The van der Waals surface area contributed by atoms with E-state index in [4.69, 9.17) is 0 Å². The summed E-state index contributed by atoms with van der Waals surface area (Å²) in [6, 6.07) is 1.89. The summed E-state index contributed by atoms with van der Waals surface area (Å²) in [5.74, 6) is 0.555. The predicted octanol–water partition coefficient (Wildman–Crippen LogP) is 1.56. The number of pyridine rings is 1. The second-order valence-electron chi connectivity index (χ2n) is 5.85. The lowest BCUT2D eigenvalue weighted by Gasteiger charge is -2.17. The maximum Gasteiger partial charge on any atom is 0.261 e. The molecule has 3 heterocycles. The monoisotopic (exact) mass is 314 g/mol. The first kappa shape index (κ1) is 15.5. The van der Waals surface area contributed by atoms with E-state index < -0.39 is 0 Å². The normalized spacial score (nSPS) is 14.2. The van der Waals surface area contributed by atoms with Gasteiger partial charge < -0.3 is 10.7 Å². The van der Waals surface area contributed by atoms with E-state index in [9.17, 15) is 4.79 Å². The van der Waals surface area contributed by atoms with Crippen LogP contribution in [0.25, 0.3) is 16.7 Å². The minimum atomic E-state index is -0.0458. The fourth-order valence-electron chi connectivity index (χ4n) is 2.79. The molecule has 0 radical (unpaired) electrons. The molecule has 7 nitrogen and oxygen atoms in total. The van der Waals surface area contributed by atoms with Gasteiger partial charge in [0.05, 0.1) is 17.0 Å². The van der Waals surface area contributed by atoms with E-state index in [1.807, 2.05) is 39.8 Å². The minimum Gasteiger partial charge on any atom is -0.354 e. The zero-order chi connectivity index (χ0) is 16.6. The molecule has 2 aromatic rings. The van der Waals surface area contributed by atoms with Crippen LogP contribution in [-0.2, 0) is 0 Å². The molecule has 0 saturated heterocycles. The van der Waals surface area contributed by atoms with Crippen LogP contribution < -0.4 is 21.7 Å². The molecule has 3 rings (SSSR count). The van der Waals surface area contributed by atoms with Crippen LogP contribution in [0.5, 0.6) is 0 Å². The first-order valence-corrected chi connectivity index (χ1v) is 7.90. The molecule has 0 unspecified atom stereocenters. The maximum absolute atomic E-state index is 13.0. The Hall–Kier alpha value is -2.41. The molecule has 0 spiro atoms. The molecule has 2 aromatic heterocycles. The highest BCUT2D eigenvalue weighted by molar-refractivity contribution is 5.83. The molecule has 7 heteroatoms. The third-order valence-corrected chi connectivity index (χ3v) is 3.85. The Morgan fingerprint density at radius 1 is 1.39 bits per heavy atom. The molecule has 0 aliphatic carbocycles. The molecule has 0 amide bonds. The first-order valence-electron chi connectivity index (χ1n) is 7.90. The van der Waals surface area contributed by atoms with Gasteiger partial charge in [0.15, 0.2) is 0 Å². The van der Waals surface area contributed by atoms with Crippen molar-refractivity contribution in [1.82, 2.24) is 25.4 Å². The van der Waals surface area contributed by atoms with Crippen LogP contribution in [0, 0.1) is 6.92 Å². The quantitative estimate of drug-likeness (QED) is 0.794. The lowest BCUT2D eigenvalue weighted by atomic mass is 10.1. The Labute approximate surface area is 134 Å². The zero-order valence-electron chi connectivity index (χ0n) is 13.9. The van der Waals surface area contributed by atoms with Crippen LogP contribution in [0.4, 0.5) is 5.95 Å². The Morgan fingerprint density at radius 2 is 2.17 bits per heavy atom. The van der Waals surface area contributed by atoms with Crippen LogP contribution in [0.3, 0.4) is 0 Å². The molecule has 23 heavy (non-hydrogen) atoms. The molecule has 0 aromatic carbocycles. The summed E-state index contributed by atoms with van der Waals surface area (Å²) in [5.41, 5.74) is 8.97. The Bertz CT molecular complexity index is 837. The average molecular weight is 314 g/mol. The van der Waals surface area contributed by atoms with Crippen molar-refractivity contribution in [3.8, 4) is 0 Å². The number of aryl methyl sites for hydroxylation is 1. The van der Waals surface area contributed by atoms with Crippen LogP contribution in [0.1, 0.15) is 38.1 Å². The van der Waals surface area contributed by atoms with Crippen molar-refractivity contribution in [1.29, 1.82) is 0 Å². The van der Waals surface area contributed by atoms with Crippen molar-refractivity contribution < 1.29 is 0 Å². The van der Waals surface area contributed by atoms with E-state index in [2.05, 4.69) is 26.1 Å². The van der Waals surface area contributed by atoms with E-state index in [-0.39, 0.29) is 11.6 Å². The van der Waals surface area contributed by atoms with Gasteiger partial charge in [0, 0.05) is 24.5 Å². The fraction of sp³-hybridized carbons (Fsp3) is 0.438. The summed E-state index contributed by atoms with van der Waals surface area (Å²) >= 11 is 0. The highest BCUT2D eigenvalue weighted by Gasteiger charge is 2.19. The molecule has 122 valence electrons. The Morgan fingerprint density at radius 3 is 2.78 bits per heavy atom. The number of rotatable bonds is 4. The van der Waals surface area contributed by atoms with Crippen LogP contribution in [0.2, 0.25) is 0 Å². The summed E-state index contributed by atoms with van der Waals surface area (Å²) in [6.07, 6.45) is 1.97. The second kappa shape index (κ2) is 6.00. The minimum absolute atomic E-state index is 0.00342. The predicted molar refractivity (Wildman–Crippen MR) is 92.2 cm³/mol. The lowest BCUT2D eigenvalue weighted by Crippen LogP contribution is -2.30. The van der Waals surface area contributed by atoms with Gasteiger partial charge in [-0.25, -0.2) is 10.4 Å². The topological polar surface area (TPSA) is 83.9 Å². The van der Waals surface area contributed by atoms with Gasteiger partial charge in [-0.3, -0.25) is 9.36 Å². The summed E-state index contributed by atoms with van der Waals surface area (Å²) in [6.45, 7) is 9.35. The highest BCUT2D eigenvalue weighted by Crippen LogP contribution is 2.22. The number of hydrazine groups is 1. The van der Waals surface area contributed by atoms with Crippen molar-refractivity contribution >= 4 is 22.7 Å². The molecular weight excluding hydrogens is 292 g/mol. The second-order valence-corrected chi connectivity index (χ2v) is 5.85. The first-order chi connectivity index (χ1) is 11.0. The van der Waals surface area contributed by atoms with Gasteiger partial charge >= 0.3 is 0 Å². The van der Waals surface area contributed by atoms with Crippen LogP contribution in [0.15, 0.2) is 16.9 Å². The van der Waals surface area contributed by atoms with Crippen molar-refractivity contribution in [2.45, 2.75) is 33.7 Å². The fourth-order valence-corrected chi connectivity index (χ4v) is 2.79. The molecule has 3 N–H and O–H groups in total. The third kappa shape index (κ3) is 2.68. The van der Waals surface area contributed by atoms with Gasteiger partial charge in [-0.2, -0.15) is 4.98 Å². The summed E-state index contributed by atoms with van der Waals surface area (Å²) in [4.78, 5) is 22.0.